The van der Waals surface area contributed by atoms with Gasteiger partial charge in [0.1, 0.15) is 6.10 Å². The van der Waals surface area contributed by atoms with E-state index in [0.717, 1.165) is 19.3 Å². The third-order valence-electron chi connectivity index (χ3n) is 3.64. The molecule has 1 N–H and O–H groups in total. The molecular formula is C19H22N2O3. The summed E-state index contributed by atoms with van der Waals surface area (Å²) in [7, 11) is 0. The smallest absolute Gasteiger partial charge is 0.338 e. The van der Waals surface area contributed by atoms with E-state index in [1.807, 2.05) is 6.92 Å². The highest BCUT2D eigenvalue weighted by molar-refractivity contribution is 6.04. The minimum absolute atomic E-state index is 0.0486. The van der Waals surface area contributed by atoms with Gasteiger partial charge in [-0.2, -0.15) is 0 Å². The van der Waals surface area contributed by atoms with Crippen molar-refractivity contribution < 1.29 is 14.3 Å². The molecule has 0 saturated carbocycles. The molecule has 0 aliphatic rings. The molecule has 24 heavy (non-hydrogen) atoms. The fourth-order valence-corrected chi connectivity index (χ4v) is 2.28. The molecule has 1 atom stereocenters. The molecule has 2 rings (SSSR count). The topological polar surface area (TPSA) is 68.3 Å². The van der Waals surface area contributed by atoms with E-state index in [1.165, 1.54) is 6.20 Å². The first-order valence-electron chi connectivity index (χ1n) is 8.16. The SMILES string of the molecule is CCCC(CC)OC(=O)c1ccc(NC(=O)c2cccnc2)cc1. The largest absolute Gasteiger partial charge is 0.459 e. The van der Waals surface area contributed by atoms with Gasteiger partial charge >= 0.3 is 5.97 Å². The standard InChI is InChI=1S/C19H22N2O3/c1-3-6-17(4-2)24-19(23)14-8-10-16(11-9-14)21-18(22)15-7-5-12-20-13-15/h5,7-13,17H,3-4,6H2,1-2H3,(H,21,22). The molecule has 0 spiro atoms. The summed E-state index contributed by atoms with van der Waals surface area (Å²) < 4.78 is 5.48. The van der Waals surface area contributed by atoms with Crippen molar-refractivity contribution in [1.29, 1.82) is 0 Å². The number of ether oxygens (including phenoxy) is 1. The van der Waals surface area contributed by atoms with Gasteiger partial charge in [0.2, 0.25) is 0 Å². The zero-order valence-electron chi connectivity index (χ0n) is 14.0. The Bertz CT molecular complexity index is 669. The van der Waals surface area contributed by atoms with E-state index in [9.17, 15) is 9.59 Å². The van der Waals surface area contributed by atoms with Crippen LogP contribution < -0.4 is 5.32 Å². The number of carbonyl (C=O) groups is 2. The lowest BCUT2D eigenvalue weighted by Crippen LogP contribution is -2.17. The van der Waals surface area contributed by atoms with Crippen LogP contribution in [0.4, 0.5) is 5.69 Å². The molecule has 5 heteroatoms. The van der Waals surface area contributed by atoms with E-state index in [4.69, 9.17) is 4.74 Å². The van der Waals surface area contributed by atoms with E-state index in [1.54, 1.807) is 42.6 Å². The average Bonchev–Trinajstić information content (AvgIpc) is 2.62. The predicted octanol–water partition coefficient (Wildman–Crippen LogP) is 4.07. The van der Waals surface area contributed by atoms with Crippen LogP contribution in [0.25, 0.3) is 0 Å². The van der Waals surface area contributed by atoms with E-state index in [-0.39, 0.29) is 18.0 Å². The lowest BCUT2D eigenvalue weighted by molar-refractivity contribution is 0.0271. The van der Waals surface area contributed by atoms with Crippen LogP contribution in [0.3, 0.4) is 0 Å². The molecule has 0 aliphatic carbocycles. The number of amides is 1. The predicted molar refractivity (Wildman–Crippen MR) is 93.0 cm³/mol. The van der Waals surface area contributed by atoms with Crippen molar-refractivity contribution in [3.63, 3.8) is 0 Å². The number of nitrogens with one attached hydrogen (secondary N) is 1. The monoisotopic (exact) mass is 326 g/mol. The molecule has 0 aliphatic heterocycles. The van der Waals surface area contributed by atoms with Crippen molar-refractivity contribution in [3.8, 4) is 0 Å². The summed E-state index contributed by atoms with van der Waals surface area (Å²) in [5.74, 6) is -0.576. The first-order valence-corrected chi connectivity index (χ1v) is 8.16. The summed E-state index contributed by atoms with van der Waals surface area (Å²) in [6, 6.07) is 10.1. The molecule has 126 valence electrons. The summed E-state index contributed by atoms with van der Waals surface area (Å²) in [4.78, 5) is 28.1. The minimum Gasteiger partial charge on any atom is -0.459 e. The number of rotatable bonds is 7. The number of nitrogens with zero attached hydrogens (tertiary/aromatic N) is 1. The number of hydrogen-bond acceptors (Lipinski definition) is 4. The highest BCUT2D eigenvalue weighted by Crippen LogP contribution is 2.14. The summed E-state index contributed by atoms with van der Waals surface area (Å²) in [5, 5.41) is 2.77. The van der Waals surface area contributed by atoms with Crippen LogP contribution in [-0.2, 0) is 4.74 Å². The van der Waals surface area contributed by atoms with Gasteiger partial charge in [-0.05, 0) is 49.2 Å². The van der Waals surface area contributed by atoms with Gasteiger partial charge in [0, 0.05) is 18.1 Å². The van der Waals surface area contributed by atoms with Crippen molar-refractivity contribution in [1.82, 2.24) is 4.98 Å². The Balaban J connectivity index is 1.97. The highest BCUT2D eigenvalue weighted by Gasteiger charge is 2.14. The van der Waals surface area contributed by atoms with E-state index in [0.29, 0.717) is 16.8 Å². The van der Waals surface area contributed by atoms with Crippen LogP contribution in [0.1, 0.15) is 53.8 Å². The highest BCUT2D eigenvalue weighted by atomic mass is 16.5. The lowest BCUT2D eigenvalue weighted by Gasteiger charge is -2.15. The molecule has 0 saturated heterocycles. The lowest BCUT2D eigenvalue weighted by atomic mass is 10.1. The van der Waals surface area contributed by atoms with Gasteiger partial charge in [0.05, 0.1) is 11.1 Å². The zero-order valence-corrected chi connectivity index (χ0v) is 14.0. The Morgan fingerprint density at radius 2 is 1.88 bits per heavy atom. The third-order valence-corrected chi connectivity index (χ3v) is 3.64. The number of aromatic nitrogens is 1. The van der Waals surface area contributed by atoms with Gasteiger partial charge in [0.15, 0.2) is 0 Å². The van der Waals surface area contributed by atoms with Crippen LogP contribution in [0.5, 0.6) is 0 Å². The van der Waals surface area contributed by atoms with Gasteiger partial charge in [0.25, 0.3) is 5.91 Å². The molecule has 1 amide bonds. The third kappa shape index (κ3) is 4.91. The quantitative estimate of drug-likeness (QED) is 0.779. The molecule has 1 heterocycles. The number of hydrogen-bond donors (Lipinski definition) is 1. The van der Waals surface area contributed by atoms with Crippen LogP contribution >= 0.6 is 0 Å². The second-order valence-corrected chi connectivity index (χ2v) is 5.50. The summed E-state index contributed by atoms with van der Waals surface area (Å²) in [6.07, 6.45) is 5.71. The summed E-state index contributed by atoms with van der Waals surface area (Å²) >= 11 is 0. The minimum atomic E-state index is -0.333. The zero-order chi connectivity index (χ0) is 17.4. The summed E-state index contributed by atoms with van der Waals surface area (Å²) in [5.41, 5.74) is 1.57. The Morgan fingerprint density at radius 3 is 2.46 bits per heavy atom. The summed E-state index contributed by atoms with van der Waals surface area (Å²) in [6.45, 7) is 4.07. The molecule has 2 aromatic rings. The molecule has 1 unspecified atom stereocenters. The first kappa shape index (κ1) is 17.7. The van der Waals surface area contributed by atoms with Crippen molar-refractivity contribution >= 4 is 17.6 Å². The Hall–Kier alpha value is -2.69. The van der Waals surface area contributed by atoms with Crippen molar-refractivity contribution in [2.75, 3.05) is 5.32 Å². The maximum absolute atomic E-state index is 12.1. The Morgan fingerprint density at radius 1 is 1.12 bits per heavy atom. The Kier molecular flexibility index (Phi) is 6.49. The average molecular weight is 326 g/mol. The maximum atomic E-state index is 12.1. The fourth-order valence-electron chi connectivity index (χ4n) is 2.28. The normalized spacial score (nSPS) is 11.6. The number of benzene rings is 1. The van der Waals surface area contributed by atoms with Crippen molar-refractivity contribution in [2.24, 2.45) is 0 Å². The number of pyridine rings is 1. The van der Waals surface area contributed by atoms with Crippen LogP contribution in [0.15, 0.2) is 48.8 Å². The van der Waals surface area contributed by atoms with E-state index < -0.39 is 0 Å². The molecule has 0 radical (unpaired) electrons. The van der Waals surface area contributed by atoms with Gasteiger partial charge in [-0.15, -0.1) is 0 Å². The van der Waals surface area contributed by atoms with E-state index >= 15 is 0 Å². The molecule has 1 aromatic heterocycles. The molecule has 1 aromatic carbocycles. The number of anilines is 1. The van der Waals surface area contributed by atoms with Crippen LogP contribution in [-0.4, -0.2) is 23.0 Å². The van der Waals surface area contributed by atoms with E-state index in [2.05, 4.69) is 17.2 Å². The number of esters is 1. The van der Waals surface area contributed by atoms with Gasteiger partial charge in [-0.1, -0.05) is 20.3 Å². The molecule has 5 nitrogen and oxygen atoms in total. The Labute approximate surface area is 142 Å². The van der Waals surface area contributed by atoms with Crippen molar-refractivity contribution in [3.05, 3.63) is 59.9 Å². The van der Waals surface area contributed by atoms with Crippen LogP contribution in [0, 0.1) is 0 Å². The molecule has 0 bridgehead atoms. The van der Waals surface area contributed by atoms with Gasteiger partial charge in [-0.25, -0.2) is 4.79 Å². The van der Waals surface area contributed by atoms with Gasteiger partial charge < -0.3 is 10.1 Å². The maximum Gasteiger partial charge on any atom is 0.338 e. The first-order chi connectivity index (χ1) is 11.6. The number of carbonyl (C=O) groups excluding carboxylic acids is 2. The molecule has 0 fully saturated rings. The fraction of sp³-hybridized carbons (Fsp3) is 0.316. The van der Waals surface area contributed by atoms with Crippen LogP contribution in [0.2, 0.25) is 0 Å². The van der Waals surface area contributed by atoms with Crippen molar-refractivity contribution in [2.45, 2.75) is 39.2 Å². The van der Waals surface area contributed by atoms with Gasteiger partial charge in [-0.3, -0.25) is 9.78 Å². The second-order valence-electron chi connectivity index (χ2n) is 5.50. The second kappa shape index (κ2) is 8.82. The molecular weight excluding hydrogens is 304 g/mol.